The van der Waals surface area contributed by atoms with Gasteiger partial charge in [-0.2, -0.15) is 0 Å². The van der Waals surface area contributed by atoms with Crippen LogP contribution in [0, 0.1) is 5.92 Å². The summed E-state index contributed by atoms with van der Waals surface area (Å²) < 4.78 is 0. The van der Waals surface area contributed by atoms with Crippen molar-refractivity contribution in [2.45, 2.75) is 57.9 Å². The molecule has 1 aliphatic heterocycles. The lowest BCUT2D eigenvalue weighted by atomic mass is 9.85. The molecule has 0 bridgehead atoms. The standard InChI is InChI=1S/C14H26N2O/c1-2-13-8-3-4-10-16(13)11-9-15-14(17)12-6-5-7-12/h12-13H,2-11H2,1H3,(H,15,17). The van der Waals surface area contributed by atoms with Crippen molar-refractivity contribution in [1.82, 2.24) is 10.2 Å². The Kier molecular flexibility index (Phi) is 4.84. The molecule has 3 nitrogen and oxygen atoms in total. The average Bonchev–Trinajstić information content (AvgIpc) is 2.27. The summed E-state index contributed by atoms with van der Waals surface area (Å²) >= 11 is 0. The topological polar surface area (TPSA) is 32.3 Å². The number of nitrogens with zero attached hydrogens (tertiary/aromatic N) is 1. The minimum absolute atomic E-state index is 0.293. The van der Waals surface area contributed by atoms with Crippen LogP contribution in [-0.2, 0) is 4.79 Å². The number of amides is 1. The van der Waals surface area contributed by atoms with Crippen molar-refractivity contribution in [2.75, 3.05) is 19.6 Å². The largest absolute Gasteiger partial charge is 0.355 e. The molecule has 98 valence electrons. The second-order valence-electron chi connectivity index (χ2n) is 5.51. The summed E-state index contributed by atoms with van der Waals surface area (Å²) in [7, 11) is 0. The van der Waals surface area contributed by atoms with Crippen LogP contribution in [-0.4, -0.2) is 36.5 Å². The predicted octanol–water partition coefficient (Wildman–Crippen LogP) is 2.17. The first-order valence-electron chi connectivity index (χ1n) is 7.33. The molecule has 3 heteroatoms. The SMILES string of the molecule is CCC1CCCCN1CCNC(=O)C1CCC1. The molecule has 0 aromatic heterocycles. The van der Waals surface area contributed by atoms with Gasteiger partial charge in [-0.05, 0) is 38.6 Å². The number of nitrogens with one attached hydrogen (secondary N) is 1. The first-order valence-corrected chi connectivity index (χ1v) is 7.33. The molecule has 0 aromatic carbocycles. The first-order chi connectivity index (χ1) is 8.31. The van der Waals surface area contributed by atoms with Crippen molar-refractivity contribution in [3.05, 3.63) is 0 Å². The maximum Gasteiger partial charge on any atom is 0.223 e. The Hall–Kier alpha value is -0.570. The summed E-state index contributed by atoms with van der Waals surface area (Å²) in [6.07, 6.45) is 8.74. The molecular formula is C14H26N2O. The van der Waals surface area contributed by atoms with E-state index in [4.69, 9.17) is 0 Å². The molecule has 1 N–H and O–H groups in total. The van der Waals surface area contributed by atoms with E-state index in [1.54, 1.807) is 0 Å². The molecule has 1 unspecified atom stereocenters. The molecule has 0 aromatic rings. The summed E-state index contributed by atoms with van der Waals surface area (Å²) in [5.41, 5.74) is 0. The number of likely N-dealkylation sites (tertiary alicyclic amines) is 1. The second-order valence-corrected chi connectivity index (χ2v) is 5.51. The molecule has 17 heavy (non-hydrogen) atoms. The number of piperidine rings is 1. The summed E-state index contributed by atoms with van der Waals surface area (Å²) in [5.74, 6) is 0.625. The highest BCUT2D eigenvalue weighted by Crippen LogP contribution is 2.26. The van der Waals surface area contributed by atoms with Crippen molar-refractivity contribution < 1.29 is 4.79 Å². The lowest BCUT2D eigenvalue weighted by Gasteiger charge is -2.35. The third-order valence-electron chi connectivity index (χ3n) is 4.39. The molecule has 2 fully saturated rings. The van der Waals surface area contributed by atoms with E-state index in [0.29, 0.717) is 11.8 Å². The van der Waals surface area contributed by atoms with Crippen molar-refractivity contribution in [3.8, 4) is 0 Å². The second kappa shape index (κ2) is 6.39. The van der Waals surface area contributed by atoms with Gasteiger partial charge >= 0.3 is 0 Å². The Balaban J connectivity index is 1.64. The molecule has 1 saturated heterocycles. The molecule has 1 amide bonds. The van der Waals surface area contributed by atoms with Crippen LogP contribution in [0.15, 0.2) is 0 Å². The molecular weight excluding hydrogens is 212 g/mol. The lowest BCUT2D eigenvalue weighted by molar-refractivity contribution is -0.127. The summed E-state index contributed by atoms with van der Waals surface area (Å²) in [6.45, 7) is 5.37. The van der Waals surface area contributed by atoms with Gasteiger partial charge in [0, 0.05) is 25.0 Å². The van der Waals surface area contributed by atoms with E-state index >= 15 is 0 Å². The van der Waals surface area contributed by atoms with Crippen molar-refractivity contribution in [1.29, 1.82) is 0 Å². The summed E-state index contributed by atoms with van der Waals surface area (Å²) in [5, 5.41) is 3.10. The van der Waals surface area contributed by atoms with Crippen LogP contribution in [0.25, 0.3) is 0 Å². The Morgan fingerprint density at radius 2 is 2.06 bits per heavy atom. The number of hydrogen-bond donors (Lipinski definition) is 1. The fraction of sp³-hybridized carbons (Fsp3) is 0.929. The highest BCUT2D eigenvalue weighted by atomic mass is 16.1. The summed E-state index contributed by atoms with van der Waals surface area (Å²) in [4.78, 5) is 14.2. The zero-order valence-corrected chi connectivity index (χ0v) is 11.1. The van der Waals surface area contributed by atoms with Crippen LogP contribution < -0.4 is 5.32 Å². The van der Waals surface area contributed by atoms with Gasteiger partial charge < -0.3 is 5.32 Å². The van der Waals surface area contributed by atoms with Crippen LogP contribution in [0.3, 0.4) is 0 Å². The third-order valence-corrected chi connectivity index (χ3v) is 4.39. The van der Waals surface area contributed by atoms with E-state index in [0.717, 1.165) is 32.0 Å². The van der Waals surface area contributed by atoms with Gasteiger partial charge in [0.05, 0.1) is 0 Å². The van der Waals surface area contributed by atoms with E-state index < -0.39 is 0 Å². The quantitative estimate of drug-likeness (QED) is 0.796. The van der Waals surface area contributed by atoms with Crippen molar-refractivity contribution >= 4 is 5.91 Å². The maximum absolute atomic E-state index is 11.7. The Morgan fingerprint density at radius 1 is 1.24 bits per heavy atom. The smallest absolute Gasteiger partial charge is 0.223 e. The summed E-state index contributed by atoms with van der Waals surface area (Å²) in [6, 6.07) is 0.754. The van der Waals surface area contributed by atoms with Crippen molar-refractivity contribution in [2.24, 2.45) is 5.92 Å². The number of rotatable bonds is 5. The van der Waals surface area contributed by atoms with Gasteiger partial charge in [-0.1, -0.05) is 19.8 Å². The van der Waals surface area contributed by atoms with Gasteiger partial charge in [0.1, 0.15) is 0 Å². The van der Waals surface area contributed by atoms with Crippen LogP contribution >= 0.6 is 0 Å². The molecule has 2 rings (SSSR count). The zero-order valence-electron chi connectivity index (χ0n) is 11.1. The van der Waals surface area contributed by atoms with Crippen LogP contribution in [0.2, 0.25) is 0 Å². The molecule has 0 spiro atoms. The normalized spacial score (nSPS) is 26.5. The van der Waals surface area contributed by atoms with Gasteiger partial charge in [0.15, 0.2) is 0 Å². The highest BCUT2D eigenvalue weighted by molar-refractivity contribution is 5.79. The molecule has 1 heterocycles. The maximum atomic E-state index is 11.7. The highest BCUT2D eigenvalue weighted by Gasteiger charge is 2.25. The zero-order chi connectivity index (χ0) is 12.1. The number of carbonyl (C=O) groups excluding carboxylic acids is 1. The minimum atomic E-state index is 0.293. The van der Waals surface area contributed by atoms with E-state index in [9.17, 15) is 4.79 Å². The van der Waals surface area contributed by atoms with Crippen LogP contribution in [0.4, 0.5) is 0 Å². The van der Waals surface area contributed by atoms with E-state index in [-0.39, 0.29) is 0 Å². The predicted molar refractivity (Wildman–Crippen MR) is 69.9 cm³/mol. The molecule has 2 aliphatic rings. The fourth-order valence-electron chi connectivity index (χ4n) is 2.95. The van der Waals surface area contributed by atoms with E-state index in [1.165, 1.54) is 38.6 Å². The monoisotopic (exact) mass is 238 g/mol. The molecule has 1 atom stereocenters. The Morgan fingerprint density at radius 3 is 2.71 bits per heavy atom. The number of carbonyl (C=O) groups is 1. The lowest BCUT2D eigenvalue weighted by Crippen LogP contribution is -2.44. The van der Waals surface area contributed by atoms with E-state index in [1.807, 2.05) is 0 Å². The molecule has 1 saturated carbocycles. The van der Waals surface area contributed by atoms with Gasteiger partial charge in [0.2, 0.25) is 5.91 Å². The first kappa shape index (κ1) is 12.9. The van der Waals surface area contributed by atoms with Crippen molar-refractivity contribution in [3.63, 3.8) is 0 Å². The third kappa shape index (κ3) is 3.44. The minimum Gasteiger partial charge on any atom is -0.355 e. The van der Waals surface area contributed by atoms with Crippen LogP contribution in [0.5, 0.6) is 0 Å². The molecule has 1 aliphatic carbocycles. The van der Waals surface area contributed by atoms with Crippen LogP contribution in [0.1, 0.15) is 51.9 Å². The number of hydrogen-bond acceptors (Lipinski definition) is 2. The molecule has 0 radical (unpaired) electrons. The Bertz CT molecular complexity index is 251. The average molecular weight is 238 g/mol. The van der Waals surface area contributed by atoms with Gasteiger partial charge in [-0.25, -0.2) is 0 Å². The van der Waals surface area contributed by atoms with Gasteiger partial charge in [-0.3, -0.25) is 9.69 Å². The van der Waals surface area contributed by atoms with E-state index in [2.05, 4.69) is 17.1 Å². The van der Waals surface area contributed by atoms with Gasteiger partial charge in [0.25, 0.3) is 0 Å². The van der Waals surface area contributed by atoms with Gasteiger partial charge in [-0.15, -0.1) is 0 Å². The Labute approximate surface area is 105 Å². The fourth-order valence-corrected chi connectivity index (χ4v) is 2.95.